The number of likely N-dealkylation sites (tertiary alicyclic amines) is 1. The van der Waals surface area contributed by atoms with Gasteiger partial charge < -0.3 is 10.0 Å². The Labute approximate surface area is 107 Å². The standard InChI is InChI=1S/C14H21NO3/c16-11-4-2-1-3-7-15(11)13-10-6-5-9(8-10)12(13)14(17)18/h9-10,12-13H,1-8H2,(H,17,18). The minimum absolute atomic E-state index is 0.00755. The summed E-state index contributed by atoms with van der Waals surface area (Å²) >= 11 is 0. The largest absolute Gasteiger partial charge is 0.481 e. The fourth-order valence-corrected chi connectivity index (χ4v) is 4.38. The van der Waals surface area contributed by atoms with Gasteiger partial charge in [-0.15, -0.1) is 0 Å². The molecule has 100 valence electrons. The summed E-state index contributed by atoms with van der Waals surface area (Å²) in [6.07, 6.45) is 6.88. The first kappa shape index (κ1) is 12.0. The molecule has 18 heavy (non-hydrogen) atoms. The van der Waals surface area contributed by atoms with Crippen LogP contribution < -0.4 is 0 Å². The van der Waals surface area contributed by atoms with Crippen molar-refractivity contribution in [3.63, 3.8) is 0 Å². The first-order chi connectivity index (χ1) is 8.68. The molecule has 3 fully saturated rings. The lowest BCUT2D eigenvalue weighted by molar-refractivity contribution is -0.149. The van der Waals surface area contributed by atoms with Gasteiger partial charge in [0, 0.05) is 19.0 Å². The molecule has 4 atom stereocenters. The lowest BCUT2D eigenvalue weighted by atomic mass is 9.83. The summed E-state index contributed by atoms with van der Waals surface area (Å²) in [5.74, 6) is -0.0435. The topological polar surface area (TPSA) is 57.6 Å². The number of fused-ring (bicyclic) bond motifs is 2. The van der Waals surface area contributed by atoms with E-state index in [0.29, 0.717) is 18.3 Å². The molecule has 1 N–H and O–H groups in total. The van der Waals surface area contributed by atoms with E-state index in [1.54, 1.807) is 0 Å². The Morgan fingerprint density at radius 2 is 1.94 bits per heavy atom. The Morgan fingerprint density at radius 1 is 1.17 bits per heavy atom. The Morgan fingerprint density at radius 3 is 2.72 bits per heavy atom. The Hall–Kier alpha value is -1.06. The molecule has 4 heteroatoms. The minimum Gasteiger partial charge on any atom is -0.481 e. The number of carbonyl (C=O) groups is 2. The maximum Gasteiger partial charge on any atom is 0.308 e. The van der Waals surface area contributed by atoms with Gasteiger partial charge in [-0.05, 0) is 43.9 Å². The molecule has 2 bridgehead atoms. The third kappa shape index (κ3) is 1.82. The molecule has 0 aromatic rings. The van der Waals surface area contributed by atoms with Gasteiger partial charge in [0.25, 0.3) is 0 Å². The normalized spacial score (nSPS) is 40.0. The Bertz CT molecular complexity index is 368. The average molecular weight is 251 g/mol. The monoisotopic (exact) mass is 251 g/mol. The van der Waals surface area contributed by atoms with E-state index in [2.05, 4.69) is 0 Å². The number of amides is 1. The average Bonchev–Trinajstić information content (AvgIpc) is 2.87. The zero-order valence-electron chi connectivity index (χ0n) is 10.7. The van der Waals surface area contributed by atoms with Crippen molar-refractivity contribution in [1.82, 2.24) is 4.90 Å². The molecule has 3 rings (SSSR count). The van der Waals surface area contributed by atoms with E-state index in [4.69, 9.17) is 0 Å². The summed E-state index contributed by atoms with van der Waals surface area (Å²) in [7, 11) is 0. The van der Waals surface area contributed by atoms with Crippen molar-refractivity contribution < 1.29 is 14.7 Å². The highest BCUT2D eigenvalue weighted by Crippen LogP contribution is 2.51. The molecular weight excluding hydrogens is 230 g/mol. The van der Waals surface area contributed by atoms with Crippen molar-refractivity contribution in [2.24, 2.45) is 17.8 Å². The highest BCUT2D eigenvalue weighted by molar-refractivity contribution is 5.79. The number of carboxylic acid groups (broad SMARTS) is 1. The zero-order chi connectivity index (χ0) is 12.7. The van der Waals surface area contributed by atoms with Gasteiger partial charge in [0.05, 0.1) is 5.92 Å². The first-order valence-electron chi connectivity index (χ1n) is 7.21. The molecule has 0 spiro atoms. The van der Waals surface area contributed by atoms with Crippen LogP contribution in [0, 0.1) is 17.8 Å². The second-order valence-electron chi connectivity index (χ2n) is 6.09. The molecular formula is C14H21NO3. The Kier molecular flexibility index (Phi) is 3.04. The molecule has 1 amide bonds. The summed E-state index contributed by atoms with van der Waals surface area (Å²) in [6, 6.07) is -0.00755. The smallest absolute Gasteiger partial charge is 0.308 e. The molecule has 2 aliphatic carbocycles. The van der Waals surface area contributed by atoms with Crippen LogP contribution in [-0.2, 0) is 9.59 Å². The summed E-state index contributed by atoms with van der Waals surface area (Å²) in [4.78, 5) is 25.6. The number of hydrogen-bond donors (Lipinski definition) is 1. The van der Waals surface area contributed by atoms with E-state index < -0.39 is 5.97 Å². The van der Waals surface area contributed by atoms with Crippen molar-refractivity contribution >= 4 is 11.9 Å². The fourth-order valence-electron chi connectivity index (χ4n) is 4.38. The predicted molar refractivity (Wildman–Crippen MR) is 65.9 cm³/mol. The van der Waals surface area contributed by atoms with Gasteiger partial charge in [-0.2, -0.15) is 0 Å². The van der Waals surface area contributed by atoms with Crippen LogP contribution in [0.5, 0.6) is 0 Å². The van der Waals surface area contributed by atoms with Gasteiger partial charge in [-0.25, -0.2) is 0 Å². The number of rotatable bonds is 2. The molecule has 1 saturated heterocycles. The number of aliphatic carboxylic acids is 1. The molecule has 0 aromatic carbocycles. The summed E-state index contributed by atoms with van der Waals surface area (Å²) in [6.45, 7) is 0.774. The van der Waals surface area contributed by atoms with Gasteiger partial charge >= 0.3 is 5.97 Å². The summed E-state index contributed by atoms with van der Waals surface area (Å²) in [5, 5.41) is 9.46. The first-order valence-corrected chi connectivity index (χ1v) is 7.21. The van der Waals surface area contributed by atoms with Crippen LogP contribution in [0.1, 0.15) is 44.9 Å². The van der Waals surface area contributed by atoms with Crippen molar-refractivity contribution in [1.29, 1.82) is 0 Å². The van der Waals surface area contributed by atoms with Gasteiger partial charge in [0.1, 0.15) is 0 Å². The highest BCUT2D eigenvalue weighted by atomic mass is 16.4. The Balaban J connectivity index is 1.84. The number of carboxylic acids is 1. The predicted octanol–water partition coefficient (Wildman–Crippen LogP) is 1.89. The van der Waals surface area contributed by atoms with E-state index in [0.717, 1.165) is 45.1 Å². The van der Waals surface area contributed by atoms with Crippen LogP contribution >= 0.6 is 0 Å². The van der Waals surface area contributed by atoms with E-state index in [9.17, 15) is 14.7 Å². The highest BCUT2D eigenvalue weighted by Gasteiger charge is 2.54. The number of hydrogen-bond acceptors (Lipinski definition) is 2. The molecule has 4 unspecified atom stereocenters. The molecule has 3 aliphatic rings. The van der Waals surface area contributed by atoms with Crippen LogP contribution in [-0.4, -0.2) is 34.5 Å². The lowest BCUT2D eigenvalue weighted by Crippen LogP contribution is -2.49. The van der Waals surface area contributed by atoms with E-state index >= 15 is 0 Å². The molecule has 0 radical (unpaired) electrons. The van der Waals surface area contributed by atoms with Gasteiger partial charge in [0.15, 0.2) is 0 Å². The maximum absolute atomic E-state index is 12.2. The van der Waals surface area contributed by atoms with Crippen LogP contribution in [0.4, 0.5) is 0 Å². The number of nitrogens with zero attached hydrogens (tertiary/aromatic N) is 1. The lowest BCUT2D eigenvalue weighted by Gasteiger charge is -2.37. The van der Waals surface area contributed by atoms with Crippen LogP contribution in [0.15, 0.2) is 0 Å². The van der Waals surface area contributed by atoms with Crippen LogP contribution in [0.25, 0.3) is 0 Å². The third-order valence-electron chi connectivity index (χ3n) is 5.13. The van der Waals surface area contributed by atoms with E-state index in [-0.39, 0.29) is 17.9 Å². The SMILES string of the molecule is O=C(O)C1C2CCC(C2)C1N1CCCCCC1=O. The van der Waals surface area contributed by atoms with E-state index in [1.165, 1.54) is 0 Å². The maximum atomic E-state index is 12.2. The summed E-state index contributed by atoms with van der Waals surface area (Å²) in [5.41, 5.74) is 0. The van der Waals surface area contributed by atoms with Gasteiger partial charge in [-0.1, -0.05) is 6.42 Å². The van der Waals surface area contributed by atoms with E-state index in [1.807, 2.05) is 4.90 Å². The van der Waals surface area contributed by atoms with Crippen LogP contribution in [0.2, 0.25) is 0 Å². The summed E-state index contributed by atoms with van der Waals surface area (Å²) < 4.78 is 0. The van der Waals surface area contributed by atoms with Crippen molar-refractivity contribution in [2.75, 3.05) is 6.54 Å². The third-order valence-corrected chi connectivity index (χ3v) is 5.13. The van der Waals surface area contributed by atoms with Crippen molar-refractivity contribution in [3.8, 4) is 0 Å². The molecule has 1 heterocycles. The van der Waals surface area contributed by atoms with Crippen molar-refractivity contribution in [2.45, 2.75) is 51.0 Å². The van der Waals surface area contributed by atoms with Crippen molar-refractivity contribution in [3.05, 3.63) is 0 Å². The molecule has 2 saturated carbocycles. The molecule has 4 nitrogen and oxygen atoms in total. The second kappa shape index (κ2) is 4.56. The van der Waals surface area contributed by atoms with Crippen LogP contribution in [0.3, 0.4) is 0 Å². The van der Waals surface area contributed by atoms with Gasteiger partial charge in [-0.3, -0.25) is 9.59 Å². The molecule has 0 aromatic heterocycles. The zero-order valence-corrected chi connectivity index (χ0v) is 10.7. The number of carbonyl (C=O) groups excluding carboxylic acids is 1. The second-order valence-corrected chi connectivity index (χ2v) is 6.09. The minimum atomic E-state index is -0.691. The van der Waals surface area contributed by atoms with Gasteiger partial charge in [0.2, 0.25) is 5.91 Å². The fraction of sp³-hybridized carbons (Fsp3) is 0.857. The molecule has 1 aliphatic heterocycles. The quantitative estimate of drug-likeness (QED) is 0.815.